The third kappa shape index (κ3) is 5.35. The van der Waals surface area contributed by atoms with E-state index in [2.05, 4.69) is 25.2 Å². The average molecular weight is 304 g/mol. The van der Waals surface area contributed by atoms with Gasteiger partial charge in [0.25, 0.3) is 0 Å². The average Bonchev–Trinajstić information content (AvgIpc) is 2.99. The maximum Gasteiger partial charge on any atom is 0.331 e. The molecule has 2 rings (SSSR count). The molecule has 0 bridgehead atoms. The third-order valence-electron chi connectivity index (χ3n) is 3.78. The van der Waals surface area contributed by atoms with Crippen molar-refractivity contribution in [2.75, 3.05) is 0 Å². The van der Waals surface area contributed by atoms with Crippen LogP contribution in [0.1, 0.15) is 46.0 Å². The largest absolute Gasteiger partial charge is 0.481 e. The first-order valence-electron chi connectivity index (χ1n) is 7.58. The molecule has 0 radical (unpaired) electrons. The van der Waals surface area contributed by atoms with Crippen molar-refractivity contribution in [1.29, 1.82) is 0 Å². The lowest BCUT2D eigenvalue weighted by Crippen LogP contribution is -2.28. The molecule has 0 saturated carbocycles. The van der Waals surface area contributed by atoms with Crippen molar-refractivity contribution in [3.8, 4) is 0 Å². The van der Waals surface area contributed by atoms with Gasteiger partial charge in [0.1, 0.15) is 0 Å². The molecule has 2 aliphatic rings. The summed E-state index contributed by atoms with van der Waals surface area (Å²) in [6.45, 7) is 3.74. The Morgan fingerprint density at radius 1 is 1.23 bits per heavy atom. The molecule has 4 heteroatoms. The first kappa shape index (κ1) is 18.0. The van der Waals surface area contributed by atoms with Crippen molar-refractivity contribution in [2.45, 2.75) is 46.0 Å². The topological polar surface area (TPSA) is 74.6 Å². The highest BCUT2D eigenvalue weighted by Crippen LogP contribution is 2.31. The Bertz CT molecular complexity index is 537. The number of hydrogen-bond acceptors (Lipinski definition) is 2. The van der Waals surface area contributed by atoms with E-state index in [-0.39, 0.29) is 12.0 Å². The second kappa shape index (κ2) is 8.37. The van der Waals surface area contributed by atoms with Crippen LogP contribution in [-0.2, 0) is 9.59 Å². The van der Waals surface area contributed by atoms with E-state index in [0.717, 1.165) is 0 Å². The fraction of sp³-hybridized carbons (Fsp3) is 0.444. The number of allylic oxidation sites excluding steroid dienone is 6. The highest BCUT2D eigenvalue weighted by atomic mass is 16.4. The van der Waals surface area contributed by atoms with Crippen molar-refractivity contribution in [3.63, 3.8) is 0 Å². The normalized spacial score (nSPS) is 22.5. The van der Waals surface area contributed by atoms with Gasteiger partial charge < -0.3 is 10.2 Å². The van der Waals surface area contributed by atoms with Gasteiger partial charge in [0.2, 0.25) is 0 Å². The Labute approximate surface area is 131 Å². The summed E-state index contributed by atoms with van der Waals surface area (Å²) in [7, 11) is 0. The highest BCUT2D eigenvalue weighted by molar-refractivity contribution is 5.90. The first-order valence-corrected chi connectivity index (χ1v) is 7.58. The molecule has 1 atom stereocenters. The number of unbranched alkanes of at least 4 members (excludes halogenated alkanes) is 1. The summed E-state index contributed by atoms with van der Waals surface area (Å²) in [4.78, 5) is 21.3. The molecule has 0 aliphatic heterocycles. The zero-order chi connectivity index (χ0) is 16.6. The van der Waals surface area contributed by atoms with Gasteiger partial charge in [-0.2, -0.15) is 0 Å². The number of hydrogen-bond donors (Lipinski definition) is 2. The predicted octanol–water partition coefficient (Wildman–Crippen LogP) is 4.11. The van der Waals surface area contributed by atoms with Crippen molar-refractivity contribution < 1.29 is 19.8 Å². The Balaban J connectivity index is 0.000000235. The van der Waals surface area contributed by atoms with Crippen molar-refractivity contribution in [1.82, 2.24) is 0 Å². The smallest absolute Gasteiger partial charge is 0.331 e. The standard InChI is InChI=1S/C9H10O4.C9H14/c1-9(8(12)13)4-2-3-6(5-9)7(10)11;1-2-3-6-9-7-4-5-8-9/h2-4H,5H2,1H3,(H,10,11)(H,12,13);4-5,7H,2-3,6,8H2,1H3. The molecule has 0 fully saturated rings. The SMILES string of the molecule is CC1(C(=O)O)C=CC=C(C(=O)O)C1.CCCCC1=CC=CC1. The van der Waals surface area contributed by atoms with E-state index in [9.17, 15) is 9.59 Å². The molecular formula is C18H24O4. The number of carbonyl (C=O) groups is 2. The van der Waals surface area contributed by atoms with E-state index < -0.39 is 17.4 Å². The zero-order valence-electron chi connectivity index (χ0n) is 13.2. The number of aliphatic carboxylic acids is 2. The highest BCUT2D eigenvalue weighted by Gasteiger charge is 2.34. The van der Waals surface area contributed by atoms with Gasteiger partial charge in [-0.05, 0) is 32.6 Å². The van der Waals surface area contributed by atoms with Crippen LogP contribution in [0, 0.1) is 5.41 Å². The fourth-order valence-corrected chi connectivity index (χ4v) is 2.26. The molecule has 2 aliphatic carbocycles. The van der Waals surface area contributed by atoms with Gasteiger partial charge in [-0.15, -0.1) is 0 Å². The van der Waals surface area contributed by atoms with E-state index in [1.165, 1.54) is 50.8 Å². The monoisotopic (exact) mass is 304 g/mol. The van der Waals surface area contributed by atoms with Gasteiger partial charge in [-0.3, -0.25) is 4.79 Å². The molecule has 1 unspecified atom stereocenters. The van der Waals surface area contributed by atoms with Crippen LogP contribution in [0.3, 0.4) is 0 Å². The summed E-state index contributed by atoms with van der Waals surface area (Å²) >= 11 is 0. The number of carboxylic acids is 2. The van der Waals surface area contributed by atoms with Gasteiger partial charge in [-0.25, -0.2) is 4.79 Å². The van der Waals surface area contributed by atoms with Gasteiger partial charge in [0, 0.05) is 5.57 Å². The molecule has 0 aromatic carbocycles. The number of carboxylic acid groups (broad SMARTS) is 2. The van der Waals surface area contributed by atoms with Crippen molar-refractivity contribution >= 4 is 11.9 Å². The minimum absolute atomic E-state index is 0.0359. The maximum absolute atomic E-state index is 10.8. The minimum Gasteiger partial charge on any atom is -0.481 e. The molecule has 0 amide bonds. The third-order valence-corrected chi connectivity index (χ3v) is 3.78. The van der Waals surface area contributed by atoms with Crippen molar-refractivity contribution in [2.24, 2.45) is 5.41 Å². The minimum atomic E-state index is -1.08. The lowest BCUT2D eigenvalue weighted by molar-refractivity contribution is -0.145. The Kier molecular flexibility index (Phi) is 6.83. The van der Waals surface area contributed by atoms with Crippen LogP contribution in [0.25, 0.3) is 0 Å². The molecule has 0 heterocycles. The van der Waals surface area contributed by atoms with E-state index in [4.69, 9.17) is 10.2 Å². The molecular weight excluding hydrogens is 280 g/mol. The summed E-state index contributed by atoms with van der Waals surface area (Å²) in [5.41, 5.74) is 0.659. The van der Waals surface area contributed by atoms with Crippen LogP contribution in [-0.4, -0.2) is 22.2 Å². The van der Waals surface area contributed by atoms with Gasteiger partial charge in [-0.1, -0.05) is 55.4 Å². The fourth-order valence-electron chi connectivity index (χ4n) is 2.26. The first-order chi connectivity index (χ1) is 10.4. The molecule has 4 nitrogen and oxygen atoms in total. The van der Waals surface area contributed by atoms with E-state index >= 15 is 0 Å². The quantitative estimate of drug-likeness (QED) is 0.801. The lowest BCUT2D eigenvalue weighted by atomic mass is 9.80. The van der Waals surface area contributed by atoms with Crippen LogP contribution in [0.4, 0.5) is 0 Å². The summed E-state index contributed by atoms with van der Waals surface area (Å²) in [5.74, 6) is -2.06. The Morgan fingerprint density at radius 2 is 1.95 bits per heavy atom. The summed E-state index contributed by atoms with van der Waals surface area (Å²) in [6.07, 6.45) is 16.3. The van der Waals surface area contributed by atoms with Gasteiger partial charge in [0.15, 0.2) is 0 Å². The molecule has 0 aromatic heterocycles. The van der Waals surface area contributed by atoms with Crippen LogP contribution in [0.15, 0.2) is 47.6 Å². The molecule has 120 valence electrons. The Hall–Kier alpha value is -2.10. The molecule has 0 saturated heterocycles. The molecule has 0 spiro atoms. The Morgan fingerprint density at radius 3 is 2.45 bits per heavy atom. The van der Waals surface area contributed by atoms with Gasteiger partial charge >= 0.3 is 11.9 Å². The molecule has 2 N–H and O–H groups in total. The van der Waals surface area contributed by atoms with Crippen molar-refractivity contribution in [3.05, 3.63) is 47.6 Å². The molecule has 0 aromatic rings. The molecule has 22 heavy (non-hydrogen) atoms. The van der Waals surface area contributed by atoms with Crippen LogP contribution < -0.4 is 0 Å². The summed E-state index contributed by atoms with van der Waals surface area (Å²) in [6, 6.07) is 0. The number of rotatable bonds is 5. The lowest BCUT2D eigenvalue weighted by Gasteiger charge is -2.23. The predicted molar refractivity (Wildman–Crippen MR) is 86.6 cm³/mol. The van der Waals surface area contributed by atoms with E-state index in [1.54, 1.807) is 5.57 Å². The van der Waals surface area contributed by atoms with E-state index in [1.807, 2.05) is 0 Å². The summed E-state index contributed by atoms with van der Waals surface area (Å²) < 4.78 is 0. The second-order valence-corrected chi connectivity index (χ2v) is 5.82. The maximum atomic E-state index is 10.8. The second-order valence-electron chi connectivity index (χ2n) is 5.82. The summed E-state index contributed by atoms with van der Waals surface area (Å²) in [5, 5.41) is 17.5. The van der Waals surface area contributed by atoms with E-state index in [0.29, 0.717) is 0 Å². The van der Waals surface area contributed by atoms with Gasteiger partial charge in [0.05, 0.1) is 5.41 Å². The van der Waals surface area contributed by atoms with Crippen LogP contribution in [0.2, 0.25) is 0 Å². The van der Waals surface area contributed by atoms with Crippen LogP contribution >= 0.6 is 0 Å². The van der Waals surface area contributed by atoms with Crippen LogP contribution in [0.5, 0.6) is 0 Å². The zero-order valence-corrected chi connectivity index (χ0v) is 13.2.